The minimum atomic E-state index is -0.518. The monoisotopic (exact) mass is 360 g/mol. The maximum Gasteiger partial charge on any atom is 0.410 e. The smallest absolute Gasteiger partial charge is 0.410 e. The van der Waals surface area contributed by atoms with Gasteiger partial charge in [0.25, 0.3) is 0 Å². The van der Waals surface area contributed by atoms with E-state index in [0.717, 1.165) is 0 Å². The van der Waals surface area contributed by atoms with Crippen molar-refractivity contribution in [2.45, 2.75) is 59.0 Å². The van der Waals surface area contributed by atoms with E-state index in [9.17, 15) is 9.59 Å². The maximum absolute atomic E-state index is 12.5. The average molecular weight is 360 g/mol. The van der Waals surface area contributed by atoms with Gasteiger partial charge in [0.15, 0.2) is 0 Å². The Labute approximate surface area is 157 Å². The number of nitrogens with zero attached hydrogens (tertiary/aromatic N) is 1. The molecule has 5 heteroatoms. The van der Waals surface area contributed by atoms with Crippen LogP contribution in [0.3, 0.4) is 0 Å². The predicted octanol–water partition coefficient (Wildman–Crippen LogP) is 3.65. The lowest BCUT2D eigenvalue weighted by Crippen LogP contribution is -2.41. The second-order valence-electron chi connectivity index (χ2n) is 8.88. The second-order valence-corrected chi connectivity index (χ2v) is 8.88. The summed E-state index contributed by atoms with van der Waals surface area (Å²) >= 11 is 0. The summed E-state index contributed by atoms with van der Waals surface area (Å²) in [5.41, 5.74) is 1.76. The molecule has 2 amide bonds. The van der Waals surface area contributed by atoms with Gasteiger partial charge in [-0.05, 0) is 39.7 Å². The largest absolute Gasteiger partial charge is 0.444 e. The van der Waals surface area contributed by atoms with E-state index in [0.29, 0.717) is 26.1 Å². The Morgan fingerprint density at radius 3 is 2.35 bits per heavy atom. The van der Waals surface area contributed by atoms with E-state index in [-0.39, 0.29) is 23.3 Å². The summed E-state index contributed by atoms with van der Waals surface area (Å²) in [7, 11) is 0. The molecule has 144 valence electrons. The molecule has 1 atom stereocenters. The van der Waals surface area contributed by atoms with Crippen LogP contribution in [0.5, 0.6) is 0 Å². The third-order valence-electron chi connectivity index (χ3n) is 4.75. The molecule has 1 unspecified atom stereocenters. The molecule has 1 aromatic carbocycles. The number of carbonyl (C=O) groups is 2. The van der Waals surface area contributed by atoms with Gasteiger partial charge in [-0.1, -0.05) is 43.7 Å². The minimum Gasteiger partial charge on any atom is -0.444 e. The number of rotatable bonds is 4. The Balaban J connectivity index is 1.86. The highest BCUT2D eigenvalue weighted by molar-refractivity contribution is 5.80. The summed E-state index contributed by atoms with van der Waals surface area (Å²) in [6, 6.07) is 8.41. The van der Waals surface area contributed by atoms with E-state index in [2.05, 4.69) is 50.4 Å². The number of nitrogens with one attached hydrogen (secondary N) is 1. The molecule has 1 N–H and O–H groups in total. The van der Waals surface area contributed by atoms with Crippen LogP contribution in [0.2, 0.25) is 0 Å². The van der Waals surface area contributed by atoms with Gasteiger partial charge in [0.1, 0.15) is 5.60 Å². The van der Waals surface area contributed by atoms with E-state index >= 15 is 0 Å². The fourth-order valence-corrected chi connectivity index (χ4v) is 3.03. The van der Waals surface area contributed by atoms with Crippen LogP contribution < -0.4 is 5.32 Å². The molecule has 0 bridgehead atoms. The van der Waals surface area contributed by atoms with E-state index in [1.165, 1.54) is 11.1 Å². The van der Waals surface area contributed by atoms with Gasteiger partial charge in [0.05, 0.1) is 5.92 Å². The van der Waals surface area contributed by atoms with Crippen LogP contribution >= 0.6 is 0 Å². The van der Waals surface area contributed by atoms with Gasteiger partial charge in [-0.15, -0.1) is 0 Å². The molecule has 0 radical (unpaired) electrons. The Morgan fingerprint density at radius 2 is 1.77 bits per heavy atom. The number of hydrogen-bond donors (Lipinski definition) is 1. The van der Waals surface area contributed by atoms with E-state index in [1.807, 2.05) is 20.8 Å². The third-order valence-corrected chi connectivity index (χ3v) is 4.75. The first-order chi connectivity index (χ1) is 12.0. The molecule has 1 heterocycles. The molecule has 0 spiro atoms. The number of likely N-dealkylation sites (tertiary alicyclic amines) is 1. The van der Waals surface area contributed by atoms with Crippen molar-refractivity contribution >= 4 is 12.0 Å². The van der Waals surface area contributed by atoms with Crippen molar-refractivity contribution in [2.75, 3.05) is 19.6 Å². The summed E-state index contributed by atoms with van der Waals surface area (Å²) in [5, 5.41) is 3.07. The first-order valence-electron chi connectivity index (χ1n) is 9.31. The Hall–Kier alpha value is -2.04. The topological polar surface area (TPSA) is 58.6 Å². The zero-order valence-electron chi connectivity index (χ0n) is 16.9. The predicted molar refractivity (Wildman–Crippen MR) is 103 cm³/mol. The highest BCUT2D eigenvalue weighted by Gasteiger charge is 2.34. The molecule has 1 aliphatic rings. The van der Waals surface area contributed by atoms with Crippen molar-refractivity contribution in [2.24, 2.45) is 5.92 Å². The fourth-order valence-electron chi connectivity index (χ4n) is 3.03. The normalized spacial score (nSPS) is 17.9. The lowest BCUT2D eigenvalue weighted by atomic mass is 9.84. The molecule has 1 aromatic rings. The number of carbonyl (C=O) groups excluding carboxylic acids is 2. The quantitative estimate of drug-likeness (QED) is 0.892. The van der Waals surface area contributed by atoms with Crippen LogP contribution in [0.15, 0.2) is 24.3 Å². The van der Waals surface area contributed by atoms with Crippen molar-refractivity contribution in [3.05, 3.63) is 35.4 Å². The highest BCUT2D eigenvalue weighted by Crippen LogP contribution is 2.24. The lowest BCUT2D eigenvalue weighted by molar-refractivity contribution is -0.124. The zero-order chi connectivity index (χ0) is 19.5. The molecule has 1 aliphatic heterocycles. The van der Waals surface area contributed by atoms with E-state index in [1.54, 1.807) is 4.90 Å². The van der Waals surface area contributed by atoms with Crippen LogP contribution in [0.1, 0.15) is 52.2 Å². The zero-order valence-corrected chi connectivity index (χ0v) is 16.9. The molecule has 0 saturated carbocycles. The van der Waals surface area contributed by atoms with Crippen LogP contribution in [-0.2, 0) is 14.9 Å². The Morgan fingerprint density at radius 1 is 1.15 bits per heavy atom. The van der Waals surface area contributed by atoms with Crippen LogP contribution in [-0.4, -0.2) is 42.1 Å². The Kier molecular flexibility index (Phi) is 5.99. The van der Waals surface area contributed by atoms with E-state index < -0.39 is 5.60 Å². The van der Waals surface area contributed by atoms with Gasteiger partial charge >= 0.3 is 6.09 Å². The SMILES string of the molecule is Cc1ccc(C(C)(C)CNC(=O)C2CCN(C(=O)OC(C)(C)C)C2)cc1. The van der Waals surface area contributed by atoms with E-state index in [4.69, 9.17) is 4.74 Å². The van der Waals surface area contributed by atoms with Crippen LogP contribution in [0, 0.1) is 12.8 Å². The van der Waals surface area contributed by atoms with Gasteiger partial charge < -0.3 is 15.0 Å². The van der Waals surface area contributed by atoms with Gasteiger partial charge in [-0.25, -0.2) is 4.79 Å². The summed E-state index contributed by atoms with van der Waals surface area (Å²) in [6.45, 7) is 13.4. The molecule has 0 aliphatic carbocycles. The number of hydrogen-bond acceptors (Lipinski definition) is 3. The van der Waals surface area contributed by atoms with Crippen LogP contribution in [0.25, 0.3) is 0 Å². The number of ether oxygens (including phenoxy) is 1. The third kappa shape index (κ3) is 5.48. The van der Waals surface area contributed by atoms with Crippen molar-refractivity contribution in [3.8, 4) is 0 Å². The number of amides is 2. The minimum absolute atomic E-state index is 0.0104. The molecule has 0 aromatic heterocycles. The van der Waals surface area contributed by atoms with Gasteiger partial charge in [-0.2, -0.15) is 0 Å². The summed E-state index contributed by atoms with van der Waals surface area (Å²) in [4.78, 5) is 26.3. The van der Waals surface area contributed by atoms with Gasteiger partial charge in [0.2, 0.25) is 5.91 Å². The van der Waals surface area contributed by atoms with Crippen molar-refractivity contribution < 1.29 is 14.3 Å². The lowest BCUT2D eigenvalue weighted by Gasteiger charge is -2.27. The summed E-state index contributed by atoms with van der Waals surface area (Å²) in [5.74, 6) is -0.160. The van der Waals surface area contributed by atoms with Gasteiger partial charge in [0, 0.05) is 25.0 Å². The molecule has 2 rings (SSSR count). The van der Waals surface area contributed by atoms with Crippen molar-refractivity contribution in [1.29, 1.82) is 0 Å². The molecule has 1 saturated heterocycles. The molecular formula is C21H32N2O3. The first-order valence-corrected chi connectivity index (χ1v) is 9.31. The van der Waals surface area contributed by atoms with Crippen molar-refractivity contribution in [1.82, 2.24) is 10.2 Å². The molecule has 1 fully saturated rings. The van der Waals surface area contributed by atoms with Crippen molar-refractivity contribution in [3.63, 3.8) is 0 Å². The Bertz CT molecular complexity index is 644. The van der Waals surface area contributed by atoms with Crippen LogP contribution in [0.4, 0.5) is 4.79 Å². The summed E-state index contributed by atoms with van der Waals surface area (Å²) < 4.78 is 5.39. The first kappa shape index (κ1) is 20.3. The highest BCUT2D eigenvalue weighted by atomic mass is 16.6. The average Bonchev–Trinajstić information content (AvgIpc) is 3.02. The molecule has 5 nitrogen and oxygen atoms in total. The summed E-state index contributed by atoms with van der Waals surface area (Å²) in [6.07, 6.45) is 0.337. The molecular weight excluding hydrogens is 328 g/mol. The van der Waals surface area contributed by atoms with Gasteiger partial charge in [-0.3, -0.25) is 4.79 Å². The standard InChI is InChI=1S/C21H32N2O3/c1-15-7-9-17(10-8-15)21(5,6)14-22-18(24)16-11-12-23(13-16)19(25)26-20(2,3)4/h7-10,16H,11-14H2,1-6H3,(H,22,24). The number of benzene rings is 1. The number of aryl methyl sites for hydroxylation is 1. The maximum atomic E-state index is 12.5. The second kappa shape index (κ2) is 7.68. The fraction of sp³-hybridized carbons (Fsp3) is 0.619. The molecule has 26 heavy (non-hydrogen) atoms.